The van der Waals surface area contributed by atoms with Crippen LogP contribution >= 0.6 is 11.9 Å². The van der Waals surface area contributed by atoms with Gasteiger partial charge in [-0.25, -0.2) is 0 Å². The summed E-state index contributed by atoms with van der Waals surface area (Å²) in [6.07, 6.45) is 8.42. The number of hydrogen-bond donors (Lipinski definition) is 1. The van der Waals surface area contributed by atoms with Gasteiger partial charge in [-0.2, -0.15) is 0 Å². The van der Waals surface area contributed by atoms with Gasteiger partial charge in [0.25, 0.3) is 0 Å². The predicted octanol–water partition coefficient (Wildman–Crippen LogP) is 4.63. The molecule has 0 amide bonds. The lowest BCUT2D eigenvalue weighted by Gasteiger charge is -2.48. The van der Waals surface area contributed by atoms with Crippen molar-refractivity contribution >= 4 is 11.9 Å². The Morgan fingerprint density at radius 3 is 2.19 bits per heavy atom. The lowest BCUT2D eigenvalue weighted by Crippen LogP contribution is -2.46. The first kappa shape index (κ1) is 14.4. The van der Waals surface area contributed by atoms with Gasteiger partial charge in [0, 0.05) is 11.8 Å². The van der Waals surface area contributed by atoms with Crippen molar-refractivity contribution in [2.75, 3.05) is 5.75 Å². The Hall–Kier alpha value is 0.310. The summed E-state index contributed by atoms with van der Waals surface area (Å²) in [5.74, 6) is 2.04. The van der Waals surface area contributed by atoms with E-state index in [9.17, 15) is 0 Å². The fraction of sp³-hybridized carbons (Fsp3) is 1.00. The Morgan fingerprint density at radius 1 is 1.19 bits per heavy atom. The number of nitrogens with one attached hydrogen (secondary N) is 1. The topological polar surface area (TPSA) is 12.0 Å². The Balaban J connectivity index is 2.17. The van der Waals surface area contributed by atoms with Crippen molar-refractivity contribution in [1.29, 1.82) is 0 Å². The molecule has 0 saturated heterocycles. The van der Waals surface area contributed by atoms with Crippen LogP contribution in [0.5, 0.6) is 0 Å². The maximum absolute atomic E-state index is 3.64. The fourth-order valence-corrected chi connectivity index (χ4v) is 3.83. The van der Waals surface area contributed by atoms with Gasteiger partial charge in [-0.1, -0.05) is 52.5 Å². The molecular formula is C14H29NS. The van der Waals surface area contributed by atoms with Crippen molar-refractivity contribution in [2.45, 2.75) is 72.3 Å². The molecule has 96 valence electrons. The van der Waals surface area contributed by atoms with Crippen molar-refractivity contribution in [3.05, 3.63) is 0 Å². The van der Waals surface area contributed by atoms with E-state index in [1.165, 1.54) is 44.3 Å². The summed E-state index contributed by atoms with van der Waals surface area (Å²) in [6, 6.07) is 0.793. The Bertz CT molecular complexity index is 177. The van der Waals surface area contributed by atoms with Gasteiger partial charge in [-0.15, -0.1) is 0 Å². The summed E-state index contributed by atoms with van der Waals surface area (Å²) in [4.78, 5) is 0. The van der Waals surface area contributed by atoms with E-state index in [1.54, 1.807) is 0 Å². The number of rotatable bonds is 8. The minimum atomic E-state index is 0.708. The minimum Gasteiger partial charge on any atom is -0.261 e. The summed E-state index contributed by atoms with van der Waals surface area (Å²) < 4.78 is 3.64. The third-order valence-electron chi connectivity index (χ3n) is 3.59. The molecule has 0 aromatic carbocycles. The van der Waals surface area contributed by atoms with Gasteiger partial charge < -0.3 is 0 Å². The normalized spacial score (nSPS) is 20.1. The highest BCUT2D eigenvalue weighted by Gasteiger charge is 2.42. The van der Waals surface area contributed by atoms with Gasteiger partial charge in [0.05, 0.1) is 0 Å². The Morgan fingerprint density at radius 2 is 1.75 bits per heavy atom. The third-order valence-corrected chi connectivity index (χ3v) is 4.92. The van der Waals surface area contributed by atoms with Crippen molar-refractivity contribution in [3.8, 4) is 0 Å². The molecule has 0 aliphatic heterocycles. The third kappa shape index (κ3) is 4.29. The standard InChI is InChI=1S/C14H29NS/c1-5-7-14(8-6-2)9-13(10-14)15-16-11-12(3)4/h12-13,15H,5-11H2,1-4H3. The molecule has 1 fully saturated rings. The molecule has 0 aromatic rings. The summed E-state index contributed by atoms with van der Waals surface area (Å²) in [5.41, 5.74) is 0.708. The van der Waals surface area contributed by atoms with Crippen LogP contribution in [0.15, 0.2) is 0 Å². The molecule has 0 heterocycles. The first-order chi connectivity index (χ1) is 7.62. The van der Waals surface area contributed by atoms with Crippen LogP contribution in [-0.2, 0) is 0 Å². The second-order valence-electron chi connectivity index (χ2n) is 5.93. The van der Waals surface area contributed by atoms with Crippen molar-refractivity contribution in [2.24, 2.45) is 11.3 Å². The fourth-order valence-electron chi connectivity index (χ4n) is 3.00. The molecule has 1 N–H and O–H groups in total. The van der Waals surface area contributed by atoms with Crippen LogP contribution in [-0.4, -0.2) is 11.8 Å². The molecule has 0 spiro atoms. The van der Waals surface area contributed by atoms with Gasteiger partial charge in [0.15, 0.2) is 0 Å². The average molecular weight is 243 g/mol. The van der Waals surface area contributed by atoms with Crippen LogP contribution in [0.2, 0.25) is 0 Å². The first-order valence-electron chi connectivity index (χ1n) is 6.99. The highest BCUT2D eigenvalue weighted by atomic mass is 32.2. The van der Waals surface area contributed by atoms with Gasteiger partial charge in [0.2, 0.25) is 0 Å². The molecule has 1 saturated carbocycles. The minimum absolute atomic E-state index is 0.708. The van der Waals surface area contributed by atoms with Crippen molar-refractivity contribution in [1.82, 2.24) is 4.72 Å². The highest BCUT2D eigenvalue weighted by molar-refractivity contribution is 7.97. The van der Waals surface area contributed by atoms with Crippen LogP contribution in [0, 0.1) is 11.3 Å². The highest BCUT2D eigenvalue weighted by Crippen LogP contribution is 2.48. The molecule has 0 aromatic heterocycles. The molecule has 0 radical (unpaired) electrons. The maximum Gasteiger partial charge on any atom is 0.0182 e. The van der Waals surface area contributed by atoms with E-state index < -0.39 is 0 Å². The lowest BCUT2D eigenvalue weighted by atomic mass is 9.61. The van der Waals surface area contributed by atoms with E-state index in [2.05, 4.69) is 32.4 Å². The van der Waals surface area contributed by atoms with E-state index in [1.807, 2.05) is 11.9 Å². The van der Waals surface area contributed by atoms with E-state index >= 15 is 0 Å². The van der Waals surface area contributed by atoms with Crippen LogP contribution in [0.3, 0.4) is 0 Å². The smallest absolute Gasteiger partial charge is 0.0182 e. The summed E-state index contributed by atoms with van der Waals surface area (Å²) in [7, 11) is 0. The van der Waals surface area contributed by atoms with E-state index in [4.69, 9.17) is 0 Å². The molecule has 1 aliphatic carbocycles. The molecule has 1 nitrogen and oxygen atoms in total. The molecule has 0 bridgehead atoms. The van der Waals surface area contributed by atoms with Crippen LogP contribution < -0.4 is 4.72 Å². The van der Waals surface area contributed by atoms with E-state index in [-0.39, 0.29) is 0 Å². The monoisotopic (exact) mass is 243 g/mol. The largest absolute Gasteiger partial charge is 0.261 e. The van der Waals surface area contributed by atoms with Crippen molar-refractivity contribution in [3.63, 3.8) is 0 Å². The second-order valence-corrected chi connectivity index (χ2v) is 6.79. The average Bonchev–Trinajstić information content (AvgIpc) is 2.15. The van der Waals surface area contributed by atoms with Crippen molar-refractivity contribution < 1.29 is 0 Å². The van der Waals surface area contributed by atoms with Gasteiger partial charge >= 0.3 is 0 Å². The number of hydrogen-bond acceptors (Lipinski definition) is 2. The van der Waals surface area contributed by atoms with Crippen LogP contribution in [0.25, 0.3) is 0 Å². The molecule has 1 rings (SSSR count). The van der Waals surface area contributed by atoms with E-state index in [0.29, 0.717) is 5.41 Å². The predicted molar refractivity (Wildman–Crippen MR) is 75.7 cm³/mol. The Labute approximate surface area is 106 Å². The molecule has 0 unspecified atom stereocenters. The zero-order chi connectivity index (χ0) is 12.0. The molecule has 16 heavy (non-hydrogen) atoms. The van der Waals surface area contributed by atoms with Gasteiger partial charge in [-0.05, 0) is 37.0 Å². The zero-order valence-corrected chi connectivity index (χ0v) is 12.3. The van der Waals surface area contributed by atoms with Crippen LogP contribution in [0.4, 0.5) is 0 Å². The quantitative estimate of drug-likeness (QED) is 0.624. The summed E-state index contributed by atoms with van der Waals surface area (Å²) in [5, 5.41) is 0. The molecule has 1 aliphatic rings. The van der Waals surface area contributed by atoms with Crippen LogP contribution in [0.1, 0.15) is 66.2 Å². The Kier molecular flexibility index (Phi) is 6.20. The first-order valence-corrected chi connectivity index (χ1v) is 7.97. The molecule has 0 atom stereocenters. The second kappa shape index (κ2) is 6.90. The van der Waals surface area contributed by atoms with Gasteiger partial charge in [-0.3, -0.25) is 4.72 Å². The summed E-state index contributed by atoms with van der Waals surface area (Å²) >= 11 is 1.93. The van der Waals surface area contributed by atoms with E-state index in [0.717, 1.165) is 12.0 Å². The molecular weight excluding hydrogens is 214 g/mol. The maximum atomic E-state index is 3.64. The SMILES string of the molecule is CCCC1(CCC)CC(NSCC(C)C)C1. The summed E-state index contributed by atoms with van der Waals surface area (Å²) in [6.45, 7) is 9.22. The zero-order valence-electron chi connectivity index (χ0n) is 11.5. The van der Waals surface area contributed by atoms with Gasteiger partial charge in [0.1, 0.15) is 0 Å². The lowest BCUT2D eigenvalue weighted by molar-refractivity contribution is 0.0718. The molecule has 2 heteroatoms.